The lowest BCUT2D eigenvalue weighted by atomic mass is 9.43. The summed E-state index contributed by atoms with van der Waals surface area (Å²) in [5.41, 5.74) is 1.17. The summed E-state index contributed by atoms with van der Waals surface area (Å²) in [6.45, 7) is 0. The molecule has 6 rings (SSSR count). The van der Waals surface area contributed by atoms with E-state index in [9.17, 15) is 4.79 Å². The smallest absolute Gasteiger partial charge is 0.311 e. The lowest BCUT2D eigenvalue weighted by Gasteiger charge is -2.65. The van der Waals surface area contributed by atoms with Crippen LogP contribution in [0.3, 0.4) is 0 Å². The summed E-state index contributed by atoms with van der Waals surface area (Å²) in [5, 5.41) is 0. The molecule has 0 spiro atoms. The number of esters is 1. The van der Waals surface area contributed by atoms with Crippen molar-refractivity contribution in [1.82, 2.24) is 0 Å². The molecule has 4 bridgehead atoms. The van der Waals surface area contributed by atoms with E-state index >= 15 is 0 Å². The Bertz CT molecular complexity index is 546. The Labute approximate surface area is 125 Å². The van der Waals surface area contributed by atoms with E-state index in [1.54, 1.807) is 0 Å². The maximum atomic E-state index is 11.8. The molecule has 0 unspecified atom stereocenters. The molecule has 21 heavy (non-hydrogen) atoms. The number of carbonyl (C=O) groups is 1. The zero-order valence-corrected chi connectivity index (χ0v) is 12.4. The van der Waals surface area contributed by atoms with Crippen molar-refractivity contribution in [2.45, 2.75) is 50.5 Å². The lowest BCUT2D eigenvalue weighted by Crippen LogP contribution is -2.63. The standard InChI is InChI=1S/C19H22O2/c20-17-12-19(21-17,16-4-2-1-3-5-16)18-9-13-6-14(10-18)8-15(7-13)11-18/h1-5,13-15H,6-12H2/t13?,14?,15?,18?,19-/m0/s1. The van der Waals surface area contributed by atoms with Gasteiger partial charge in [0.2, 0.25) is 0 Å². The third kappa shape index (κ3) is 1.51. The molecule has 0 aromatic heterocycles. The van der Waals surface area contributed by atoms with E-state index in [2.05, 4.69) is 30.3 Å². The predicted molar refractivity (Wildman–Crippen MR) is 79.4 cm³/mol. The highest BCUT2D eigenvalue weighted by atomic mass is 16.6. The minimum atomic E-state index is -0.304. The molecule has 5 fully saturated rings. The van der Waals surface area contributed by atoms with Gasteiger partial charge < -0.3 is 4.74 Å². The fourth-order valence-corrected chi connectivity index (χ4v) is 6.46. The summed E-state index contributed by atoms with van der Waals surface area (Å²) in [6.07, 6.45) is 8.72. The van der Waals surface area contributed by atoms with Crippen molar-refractivity contribution in [1.29, 1.82) is 0 Å². The molecular formula is C19H22O2. The van der Waals surface area contributed by atoms with E-state index in [0.717, 1.165) is 17.8 Å². The van der Waals surface area contributed by atoms with Gasteiger partial charge in [-0.25, -0.2) is 0 Å². The molecule has 110 valence electrons. The average Bonchev–Trinajstić information content (AvgIpc) is 2.43. The van der Waals surface area contributed by atoms with Gasteiger partial charge in [-0.15, -0.1) is 0 Å². The van der Waals surface area contributed by atoms with E-state index in [1.807, 2.05) is 0 Å². The highest BCUT2D eigenvalue weighted by Crippen LogP contribution is 2.69. The van der Waals surface area contributed by atoms with Gasteiger partial charge in [-0.1, -0.05) is 30.3 Å². The van der Waals surface area contributed by atoms with E-state index in [0.29, 0.717) is 6.42 Å². The molecule has 2 nitrogen and oxygen atoms in total. The van der Waals surface area contributed by atoms with E-state index in [4.69, 9.17) is 4.74 Å². The van der Waals surface area contributed by atoms with Crippen LogP contribution >= 0.6 is 0 Å². The van der Waals surface area contributed by atoms with Crippen molar-refractivity contribution in [3.8, 4) is 0 Å². The average molecular weight is 282 g/mol. The van der Waals surface area contributed by atoms with Gasteiger partial charge in [0.15, 0.2) is 5.60 Å². The Morgan fingerprint density at radius 1 is 0.905 bits per heavy atom. The van der Waals surface area contributed by atoms with Crippen molar-refractivity contribution < 1.29 is 9.53 Å². The van der Waals surface area contributed by atoms with Gasteiger partial charge in [0, 0.05) is 5.41 Å². The molecule has 4 aliphatic carbocycles. The maximum Gasteiger partial charge on any atom is 0.311 e. The Morgan fingerprint density at radius 2 is 1.43 bits per heavy atom. The van der Waals surface area contributed by atoms with Crippen LogP contribution in [0.5, 0.6) is 0 Å². The van der Waals surface area contributed by atoms with Crippen LogP contribution in [-0.2, 0) is 15.1 Å². The lowest BCUT2D eigenvalue weighted by molar-refractivity contribution is -0.254. The fourth-order valence-electron chi connectivity index (χ4n) is 6.46. The predicted octanol–water partition coefficient (Wildman–Crippen LogP) is 4.05. The minimum absolute atomic E-state index is 0.00500. The number of hydrogen-bond donors (Lipinski definition) is 0. The van der Waals surface area contributed by atoms with Crippen molar-refractivity contribution >= 4 is 5.97 Å². The molecule has 0 amide bonds. The van der Waals surface area contributed by atoms with Crippen LogP contribution in [-0.4, -0.2) is 5.97 Å². The first kappa shape index (κ1) is 12.3. The SMILES string of the molecule is O=C1C[C@](c2ccccc2)(C23CC4CC(CC(C4)C2)C3)O1. The first-order valence-electron chi connectivity index (χ1n) is 8.47. The molecule has 1 aromatic rings. The van der Waals surface area contributed by atoms with Crippen LogP contribution < -0.4 is 0 Å². The normalized spacial score (nSPS) is 47.0. The Balaban J connectivity index is 1.62. The van der Waals surface area contributed by atoms with Crippen LogP contribution in [0.1, 0.15) is 50.5 Å². The van der Waals surface area contributed by atoms with Crippen molar-refractivity contribution in [3.63, 3.8) is 0 Å². The van der Waals surface area contributed by atoms with Crippen LogP contribution in [0.2, 0.25) is 0 Å². The summed E-state index contributed by atoms with van der Waals surface area (Å²) in [5.74, 6) is 2.65. The van der Waals surface area contributed by atoms with Gasteiger partial charge in [0.1, 0.15) is 0 Å². The summed E-state index contributed by atoms with van der Waals surface area (Å²) in [6, 6.07) is 10.6. The van der Waals surface area contributed by atoms with Crippen molar-refractivity contribution in [2.24, 2.45) is 23.2 Å². The van der Waals surface area contributed by atoms with Crippen molar-refractivity contribution in [3.05, 3.63) is 35.9 Å². The molecule has 1 saturated heterocycles. The monoisotopic (exact) mass is 282 g/mol. The summed E-state index contributed by atoms with van der Waals surface area (Å²) < 4.78 is 5.96. The molecule has 5 aliphatic rings. The number of benzene rings is 1. The molecule has 1 atom stereocenters. The molecule has 1 aliphatic heterocycles. The first-order chi connectivity index (χ1) is 10.2. The van der Waals surface area contributed by atoms with E-state index < -0.39 is 0 Å². The Hall–Kier alpha value is -1.31. The molecule has 0 radical (unpaired) electrons. The van der Waals surface area contributed by atoms with Gasteiger partial charge in [-0.2, -0.15) is 0 Å². The van der Waals surface area contributed by atoms with Crippen molar-refractivity contribution in [2.75, 3.05) is 0 Å². The molecule has 2 heteroatoms. The largest absolute Gasteiger partial charge is 0.453 e. The quantitative estimate of drug-likeness (QED) is 0.765. The van der Waals surface area contributed by atoms with Gasteiger partial charge in [-0.05, 0) is 61.8 Å². The summed E-state index contributed by atoms with van der Waals surface area (Å²) in [4.78, 5) is 11.8. The number of ether oxygens (including phenoxy) is 1. The third-order valence-corrected chi connectivity index (χ3v) is 6.82. The number of carbonyl (C=O) groups excluding carboxylic acids is 1. The minimum Gasteiger partial charge on any atom is -0.453 e. The molecular weight excluding hydrogens is 260 g/mol. The molecule has 1 heterocycles. The maximum absolute atomic E-state index is 11.8. The van der Waals surface area contributed by atoms with E-state index in [1.165, 1.54) is 44.1 Å². The van der Waals surface area contributed by atoms with Crippen LogP contribution in [0.15, 0.2) is 30.3 Å². The molecule has 4 saturated carbocycles. The Morgan fingerprint density at radius 3 is 1.90 bits per heavy atom. The fraction of sp³-hybridized carbons (Fsp3) is 0.632. The third-order valence-electron chi connectivity index (χ3n) is 6.82. The summed E-state index contributed by atoms with van der Waals surface area (Å²) >= 11 is 0. The highest BCUT2D eigenvalue weighted by Gasteiger charge is 2.67. The first-order valence-corrected chi connectivity index (χ1v) is 8.47. The zero-order valence-electron chi connectivity index (χ0n) is 12.4. The number of cyclic esters (lactones) is 1. The second-order valence-electron chi connectivity index (χ2n) is 8.04. The molecule has 0 N–H and O–H groups in total. The zero-order chi connectivity index (χ0) is 14.1. The topological polar surface area (TPSA) is 26.3 Å². The second kappa shape index (κ2) is 3.91. The number of rotatable bonds is 2. The number of hydrogen-bond acceptors (Lipinski definition) is 2. The van der Waals surface area contributed by atoms with E-state index in [-0.39, 0.29) is 17.0 Å². The molecule has 1 aromatic carbocycles. The van der Waals surface area contributed by atoms with Gasteiger partial charge in [0.05, 0.1) is 6.42 Å². The van der Waals surface area contributed by atoms with Gasteiger partial charge >= 0.3 is 5.97 Å². The van der Waals surface area contributed by atoms with Crippen LogP contribution in [0.4, 0.5) is 0 Å². The highest BCUT2D eigenvalue weighted by molar-refractivity contribution is 5.78. The summed E-state index contributed by atoms with van der Waals surface area (Å²) in [7, 11) is 0. The second-order valence-corrected chi connectivity index (χ2v) is 8.04. The van der Waals surface area contributed by atoms with Crippen LogP contribution in [0.25, 0.3) is 0 Å². The van der Waals surface area contributed by atoms with Crippen LogP contribution in [0, 0.1) is 23.2 Å². The van der Waals surface area contributed by atoms with Gasteiger partial charge in [-0.3, -0.25) is 4.79 Å². The Kier molecular flexibility index (Phi) is 2.28. The van der Waals surface area contributed by atoms with Gasteiger partial charge in [0.25, 0.3) is 0 Å².